The van der Waals surface area contributed by atoms with Gasteiger partial charge in [-0.2, -0.15) is 0 Å². The Labute approximate surface area is 135 Å². The van der Waals surface area contributed by atoms with Gasteiger partial charge in [-0.15, -0.1) is 0 Å². The van der Waals surface area contributed by atoms with Gasteiger partial charge in [0.25, 0.3) is 0 Å². The number of hydrogen-bond acceptors (Lipinski definition) is 4. The van der Waals surface area contributed by atoms with E-state index in [4.69, 9.17) is 19.7 Å². The fraction of sp³-hybridized carbons (Fsp3) is 1.00. The molecule has 2 N–H and O–H groups in total. The van der Waals surface area contributed by atoms with E-state index in [9.17, 15) is 0 Å². The van der Waals surface area contributed by atoms with Crippen LogP contribution in [0.2, 0.25) is 0 Å². The summed E-state index contributed by atoms with van der Waals surface area (Å²) in [5.74, 6) is 2.29. The van der Waals surface area contributed by atoms with E-state index in [1.54, 1.807) is 0 Å². The lowest BCUT2D eigenvalue weighted by molar-refractivity contribution is -0.150. The van der Waals surface area contributed by atoms with Crippen LogP contribution in [0.25, 0.3) is 0 Å². The molecule has 0 radical (unpaired) electrons. The van der Waals surface area contributed by atoms with E-state index in [-0.39, 0.29) is 6.29 Å². The summed E-state index contributed by atoms with van der Waals surface area (Å²) in [5.41, 5.74) is 0. The maximum atomic E-state index is 9.16. The van der Waals surface area contributed by atoms with Crippen molar-refractivity contribution in [1.29, 1.82) is 0 Å². The number of hydrogen-bond donors (Lipinski definition) is 2. The van der Waals surface area contributed by atoms with Crippen molar-refractivity contribution in [3.8, 4) is 0 Å². The minimum Gasteiger partial charge on any atom is -0.396 e. The van der Waals surface area contributed by atoms with E-state index < -0.39 is 0 Å². The molecule has 130 valence electrons. The average Bonchev–Trinajstić information content (AvgIpc) is 2.59. The normalized spacial score (nSPS) is 34.5. The molecule has 0 spiro atoms. The highest BCUT2D eigenvalue weighted by molar-refractivity contribution is 4.73. The highest BCUT2D eigenvalue weighted by atomic mass is 16.7. The molecule has 0 aromatic heterocycles. The first-order valence-corrected chi connectivity index (χ1v) is 9.16. The Bertz CT molecular complexity index is 253. The highest BCUT2D eigenvalue weighted by Gasteiger charge is 2.23. The number of ether oxygens (including phenoxy) is 2. The van der Waals surface area contributed by atoms with Gasteiger partial charge in [0.1, 0.15) is 0 Å². The van der Waals surface area contributed by atoms with Crippen LogP contribution in [0.1, 0.15) is 58.3 Å². The summed E-state index contributed by atoms with van der Waals surface area (Å²) in [5, 5.41) is 18.3. The molecule has 0 heterocycles. The summed E-state index contributed by atoms with van der Waals surface area (Å²) >= 11 is 0. The molecule has 4 nitrogen and oxygen atoms in total. The van der Waals surface area contributed by atoms with Gasteiger partial charge in [-0.05, 0) is 82.0 Å². The third-order valence-corrected chi connectivity index (χ3v) is 5.58. The fourth-order valence-corrected chi connectivity index (χ4v) is 3.75. The molecule has 0 bridgehead atoms. The SMILES string of the molecule is CC(OCC1CCC(CO)CC1)OCC1CCC(CO)CC1. The summed E-state index contributed by atoms with van der Waals surface area (Å²) in [4.78, 5) is 0. The first-order chi connectivity index (χ1) is 10.7. The maximum absolute atomic E-state index is 9.16. The van der Waals surface area contributed by atoms with Crippen LogP contribution in [0.3, 0.4) is 0 Å². The topological polar surface area (TPSA) is 58.9 Å². The van der Waals surface area contributed by atoms with Crippen molar-refractivity contribution >= 4 is 0 Å². The van der Waals surface area contributed by atoms with Gasteiger partial charge in [-0.3, -0.25) is 0 Å². The molecule has 0 aromatic rings. The van der Waals surface area contributed by atoms with Crippen molar-refractivity contribution in [2.75, 3.05) is 26.4 Å². The highest BCUT2D eigenvalue weighted by Crippen LogP contribution is 2.30. The second kappa shape index (κ2) is 9.86. The van der Waals surface area contributed by atoms with Crippen molar-refractivity contribution in [2.45, 2.75) is 64.6 Å². The van der Waals surface area contributed by atoms with Crippen LogP contribution in [0.15, 0.2) is 0 Å². The first-order valence-electron chi connectivity index (χ1n) is 9.16. The van der Waals surface area contributed by atoms with Crippen molar-refractivity contribution < 1.29 is 19.7 Å². The molecule has 22 heavy (non-hydrogen) atoms. The number of rotatable bonds is 8. The van der Waals surface area contributed by atoms with Gasteiger partial charge in [0.15, 0.2) is 6.29 Å². The lowest BCUT2D eigenvalue weighted by Crippen LogP contribution is -2.26. The molecule has 2 aliphatic rings. The third kappa shape index (κ3) is 6.15. The average molecular weight is 314 g/mol. The molecule has 0 unspecified atom stereocenters. The summed E-state index contributed by atoms with van der Waals surface area (Å²) in [7, 11) is 0. The Hall–Kier alpha value is -0.160. The summed E-state index contributed by atoms with van der Waals surface area (Å²) < 4.78 is 11.7. The minimum atomic E-state index is -0.119. The lowest BCUT2D eigenvalue weighted by atomic mass is 9.83. The summed E-state index contributed by atoms with van der Waals surface area (Å²) in [6, 6.07) is 0. The molecule has 2 fully saturated rings. The van der Waals surface area contributed by atoms with Crippen molar-refractivity contribution in [3.63, 3.8) is 0 Å². The quantitative estimate of drug-likeness (QED) is 0.676. The first kappa shape index (κ1) is 18.2. The Morgan fingerprint density at radius 2 is 1.00 bits per heavy atom. The lowest BCUT2D eigenvalue weighted by Gasteiger charge is -2.29. The predicted molar refractivity (Wildman–Crippen MR) is 86.4 cm³/mol. The molecular weight excluding hydrogens is 280 g/mol. The van der Waals surface area contributed by atoms with Gasteiger partial charge in [-0.1, -0.05) is 0 Å². The fourth-order valence-electron chi connectivity index (χ4n) is 3.75. The molecular formula is C18H34O4. The predicted octanol–water partition coefficient (Wildman–Crippen LogP) is 2.96. The molecule has 0 saturated heterocycles. The molecule has 0 aliphatic heterocycles. The van der Waals surface area contributed by atoms with Crippen LogP contribution < -0.4 is 0 Å². The third-order valence-electron chi connectivity index (χ3n) is 5.58. The van der Waals surface area contributed by atoms with E-state index in [2.05, 4.69) is 0 Å². The van der Waals surface area contributed by atoms with E-state index in [1.165, 1.54) is 25.7 Å². The van der Waals surface area contributed by atoms with Gasteiger partial charge in [-0.25, -0.2) is 0 Å². The van der Waals surface area contributed by atoms with E-state index in [1.807, 2.05) is 6.92 Å². The van der Waals surface area contributed by atoms with E-state index in [0.29, 0.717) is 36.9 Å². The van der Waals surface area contributed by atoms with Crippen LogP contribution in [0, 0.1) is 23.7 Å². The zero-order valence-corrected chi connectivity index (χ0v) is 14.1. The molecule has 0 atom stereocenters. The molecule has 4 heteroatoms. The van der Waals surface area contributed by atoms with Gasteiger partial charge in [0.2, 0.25) is 0 Å². The Balaban J connectivity index is 1.52. The number of aliphatic hydroxyl groups excluding tert-OH is 2. The van der Waals surface area contributed by atoms with Crippen molar-refractivity contribution in [1.82, 2.24) is 0 Å². The van der Waals surface area contributed by atoms with E-state index >= 15 is 0 Å². The van der Waals surface area contributed by atoms with Gasteiger partial charge in [0.05, 0.1) is 13.2 Å². The summed E-state index contributed by atoms with van der Waals surface area (Å²) in [6.45, 7) is 4.25. The summed E-state index contributed by atoms with van der Waals surface area (Å²) in [6.07, 6.45) is 9.09. The zero-order chi connectivity index (χ0) is 15.8. The standard InChI is InChI=1S/C18H34O4/c1-14(21-12-17-6-2-15(10-19)3-7-17)22-13-18-8-4-16(11-20)5-9-18/h14-20H,2-13H2,1H3. The molecule has 0 amide bonds. The Morgan fingerprint density at radius 1 is 0.682 bits per heavy atom. The van der Waals surface area contributed by atoms with Gasteiger partial charge in [0, 0.05) is 13.2 Å². The molecule has 2 rings (SSSR count). The number of aliphatic hydroxyl groups is 2. The van der Waals surface area contributed by atoms with Crippen molar-refractivity contribution in [2.24, 2.45) is 23.7 Å². The van der Waals surface area contributed by atoms with Crippen LogP contribution in [0.4, 0.5) is 0 Å². The molecule has 2 saturated carbocycles. The molecule has 2 aliphatic carbocycles. The second-order valence-corrected chi connectivity index (χ2v) is 7.37. The monoisotopic (exact) mass is 314 g/mol. The van der Waals surface area contributed by atoms with Crippen LogP contribution in [-0.2, 0) is 9.47 Å². The van der Waals surface area contributed by atoms with Crippen LogP contribution in [0.5, 0.6) is 0 Å². The van der Waals surface area contributed by atoms with Gasteiger partial charge < -0.3 is 19.7 Å². The second-order valence-electron chi connectivity index (χ2n) is 7.37. The minimum absolute atomic E-state index is 0.119. The Morgan fingerprint density at radius 3 is 1.32 bits per heavy atom. The van der Waals surface area contributed by atoms with Crippen molar-refractivity contribution in [3.05, 3.63) is 0 Å². The smallest absolute Gasteiger partial charge is 0.154 e. The maximum Gasteiger partial charge on any atom is 0.154 e. The molecule has 0 aromatic carbocycles. The Kier molecular flexibility index (Phi) is 8.15. The van der Waals surface area contributed by atoms with Crippen LogP contribution >= 0.6 is 0 Å². The van der Waals surface area contributed by atoms with E-state index in [0.717, 1.165) is 38.9 Å². The van der Waals surface area contributed by atoms with Crippen LogP contribution in [-0.4, -0.2) is 42.9 Å². The largest absolute Gasteiger partial charge is 0.396 e. The van der Waals surface area contributed by atoms with Gasteiger partial charge >= 0.3 is 0 Å². The zero-order valence-electron chi connectivity index (χ0n) is 14.1.